The molecule has 1 heterocycles. The summed E-state index contributed by atoms with van der Waals surface area (Å²) in [7, 11) is 0. The van der Waals surface area contributed by atoms with E-state index in [1.807, 2.05) is 33.8 Å². The van der Waals surface area contributed by atoms with Gasteiger partial charge >= 0.3 is 0 Å². The quantitative estimate of drug-likeness (QED) is 0.800. The van der Waals surface area contributed by atoms with Crippen molar-refractivity contribution in [2.45, 2.75) is 33.7 Å². The van der Waals surface area contributed by atoms with Crippen molar-refractivity contribution in [1.29, 1.82) is 0 Å². The molecule has 0 saturated heterocycles. The molecule has 0 radical (unpaired) electrons. The van der Waals surface area contributed by atoms with Gasteiger partial charge in [-0.15, -0.1) is 0 Å². The second kappa shape index (κ2) is 5.03. The Labute approximate surface area is 95.5 Å². The highest BCUT2D eigenvalue weighted by Crippen LogP contribution is 2.06. The molecule has 1 rings (SSSR count). The lowest BCUT2D eigenvalue weighted by molar-refractivity contribution is -0.118. The molecule has 0 aliphatic carbocycles. The fourth-order valence-corrected chi connectivity index (χ4v) is 1.28. The minimum atomic E-state index is -0.538. The lowest BCUT2D eigenvalue weighted by atomic mass is 10.1. The molecule has 0 saturated carbocycles. The highest BCUT2D eigenvalue weighted by atomic mass is 16.2. The number of hydrogen-bond donors (Lipinski definition) is 2. The maximum Gasteiger partial charge on any atom is 0.243 e. The molecule has 1 atom stereocenters. The SMILES string of the molecule is Cc1cc(C)nc(NC(=O)[C@@H](N)C(C)C)n1. The van der Waals surface area contributed by atoms with E-state index < -0.39 is 6.04 Å². The largest absolute Gasteiger partial charge is 0.320 e. The van der Waals surface area contributed by atoms with Crippen molar-refractivity contribution in [3.05, 3.63) is 17.5 Å². The molecule has 5 nitrogen and oxygen atoms in total. The zero-order valence-corrected chi connectivity index (χ0v) is 10.1. The van der Waals surface area contributed by atoms with Crippen LogP contribution in [0.15, 0.2) is 6.07 Å². The van der Waals surface area contributed by atoms with Gasteiger partial charge in [-0.3, -0.25) is 10.1 Å². The van der Waals surface area contributed by atoms with Crippen LogP contribution in [0.3, 0.4) is 0 Å². The molecule has 0 fully saturated rings. The van der Waals surface area contributed by atoms with E-state index in [1.54, 1.807) is 0 Å². The highest BCUT2D eigenvalue weighted by Gasteiger charge is 2.18. The summed E-state index contributed by atoms with van der Waals surface area (Å²) in [5.74, 6) is 0.157. The van der Waals surface area contributed by atoms with Gasteiger partial charge < -0.3 is 5.73 Å². The summed E-state index contributed by atoms with van der Waals surface area (Å²) in [6.45, 7) is 7.50. The van der Waals surface area contributed by atoms with Crippen LogP contribution in [-0.2, 0) is 4.79 Å². The van der Waals surface area contributed by atoms with Gasteiger partial charge in [0.1, 0.15) is 0 Å². The number of carbonyl (C=O) groups excluding carboxylic acids is 1. The second-order valence-corrected chi connectivity index (χ2v) is 4.23. The first-order valence-corrected chi connectivity index (χ1v) is 5.29. The molecule has 1 aromatic heterocycles. The molecular weight excluding hydrogens is 204 g/mol. The number of nitrogens with two attached hydrogens (primary N) is 1. The van der Waals surface area contributed by atoms with Gasteiger partial charge in [0.25, 0.3) is 0 Å². The Morgan fingerprint density at radius 1 is 1.31 bits per heavy atom. The van der Waals surface area contributed by atoms with Crippen LogP contribution >= 0.6 is 0 Å². The van der Waals surface area contributed by atoms with E-state index in [2.05, 4.69) is 15.3 Å². The molecule has 16 heavy (non-hydrogen) atoms. The van der Waals surface area contributed by atoms with Gasteiger partial charge in [-0.25, -0.2) is 9.97 Å². The van der Waals surface area contributed by atoms with Gasteiger partial charge in [0.2, 0.25) is 11.9 Å². The molecule has 0 aromatic carbocycles. The average Bonchev–Trinajstić information content (AvgIpc) is 2.14. The van der Waals surface area contributed by atoms with Gasteiger partial charge in [-0.1, -0.05) is 13.8 Å². The van der Waals surface area contributed by atoms with Crippen LogP contribution in [0.2, 0.25) is 0 Å². The summed E-state index contributed by atoms with van der Waals surface area (Å²) in [6, 6.07) is 1.31. The van der Waals surface area contributed by atoms with Crippen molar-refractivity contribution in [3.8, 4) is 0 Å². The maximum absolute atomic E-state index is 11.7. The van der Waals surface area contributed by atoms with Crippen LogP contribution in [0.5, 0.6) is 0 Å². The summed E-state index contributed by atoms with van der Waals surface area (Å²) in [5, 5.41) is 2.62. The molecular formula is C11H18N4O. The number of nitrogens with zero attached hydrogens (tertiary/aromatic N) is 2. The van der Waals surface area contributed by atoms with E-state index in [1.165, 1.54) is 0 Å². The predicted octanol–water partition coefficient (Wildman–Crippen LogP) is 1.02. The summed E-state index contributed by atoms with van der Waals surface area (Å²) >= 11 is 0. The Kier molecular flexibility index (Phi) is 3.95. The van der Waals surface area contributed by atoms with E-state index in [4.69, 9.17) is 5.73 Å². The van der Waals surface area contributed by atoms with E-state index in [0.717, 1.165) is 11.4 Å². The Hall–Kier alpha value is -1.49. The van der Waals surface area contributed by atoms with Crippen molar-refractivity contribution in [3.63, 3.8) is 0 Å². The standard InChI is InChI=1S/C11H18N4O/c1-6(2)9(12)10(16)15-11-13-7(3)5-8(4)14-11/h5-6,9H,12H2,1-4H3,(H,13,14,15,16)/t9-/m0/s1. The van der Waals surface area contributed by atoms with Gasteiger partial charge in [0.15, 0.2) is 0 Å². The molecule has 1 aromatic rings. The molecule has 0 spiro atoms. The Bertz CT molecular complexity index is 369. The third-order valence-electron chi connectivity index (χ3n) is 2.24. The number of carbonyl (C=O) groups is 1. The van der Waals surface area contributed by atoms with Crippen molar-refractivity contribution in [1.82, 2.24) is 9.97 Å². The van der Waals surface area contributed by atoms with Crippen LogP contribution in [0.25, 0.3) is 0 Å². The minimum absolute atomic E-state index is 0.0888. The zero-order chi connectivity index (χ0) is 12.3. The zero-order valence-electron chi connectivity index (χ0n) is 10.1. The fraction of sp³-hybridized carbons (Fsp3) is 0.545. The summed E-state index contributed by atoms with van der Waals surface area (Å²) in [5.41, 5.74) is 7.36. The van der Waals surface area contributed by atoms with E-state index >= 15 is 0 Å². The Morgan fingerprint density at radius 3 is 2.25 bits per heavy atom. The first-order chi connectivity index (χ1) is 7.40. The van der Waals surface area contributed by atoms with Crippen LogP contribution in [0, 0.1) is 19.8 Å². The van der Waals surface area contributed by atoms with Gasteiger partial charge in [-0.05, 0) is 25.8 Å². The van der Waals surface area contributed by atoms with E-state index in [9.17, 15) is 4.79 Å². The van der Waals surface area contributed by atoms with Gasteiger partial charge in [0, 0.05) is 11.4 Å². The van der Waals surface area contributed by atoms with Gasteiger partial charge in [-0.2, -0.15) is 0 Å². The average molecular weight is 222 g/mol. The van der Waals surface area contributed by atoms with Crippen LogP contribution in [0.4, 0.5) is 5.95 Å². The highest BCUT2D eigenvalue weighted by molar-refractivity contribution is 5.93. The normalized spacial score (nSPS) is 12.6. The number of nitrogens with one attached hydrogen (secondary N) is 1. The third-order valence-corrected chi connectivity index (χ3v) is 2.24. The second-order valence-electron chi connectivity index (χ2n) is 4.23. The number of amides is 1. The van der Waals surface area contributed by atoms with Gasteiger partial charge in [0.05, 0.1) is 6.04 Å². The van der Waals surface area contributed by atoms with Crippen LogP contribution < -0.4 is 11.1 Å². The third kappa shape index (κ3) is 3.27. The Balaban J connectivity index is 2.77. The lowest BCUT2D eigenvalue weighted by Crippen LogP contribution is -2.40. The summed E-state index contributed by atoms with van der Waals surface area (Å²) < 4.78 is 0. The maximum atomic E-state index is 11.7. The van der Waals surface area contributed by atoms with Crippen LogP contribution in [0.1, 0.15) is 25.2 Å². The summed E-state index contributed by atoms with van der Waals surface area (Å²) in [6.07, 6.45) is 0. The molecule has 0 bridgehead atoms. The number of aromatic nitrogens is 2. The monoisotopic (exact) mass is 222 g/mol. The number of hydrogen-bond acceptors (Lipinski definition) is 4. The van der Waals surface area contributed by atoms with E-state index in [0.29, 0.717) is 5.95 Å². The molecule has 88 valence electrons. The van der Waals surface area contributed by atoms with E-state index in [-0.39, 0.29) is 11.8 Å². The topological polar surface area (TPSA) is 80.9 Å². The molecule has 0 aliphatic rings. The first-order valence-electron chi connectivity index (χ1n) is 5.29. The Morgan fingerprint density at radius 2 is 1.81 bits per heavy atom. The number of rotatable bonds is 3. The molecule has 1 amide bonds. The number of aryl methyl sites for hydroxylation is 2. The van der Waals surface area contributed by atoms with Crippen molar-refractivity contribution in [2.75, 3.05) is 5.32 Å². The minimum Gasteiger partial charge on any atom is -0.320 e. The molecule has 0 aliphatic heterocycles. The smallest absolute Gasteiger partial charge is 0.243 e. The van der Waals surface area contributed by atoms with Crippen molar-refractivity contribution >= 4 is 11.9 Å². The molecule has 5 heteroatoms. The molecule has 3 N–H and O–H groups in total. The van der Waals surface area contributed by atoms with Crippen molar-refractivity contribution in [2.24, 2.45) is 11.7 Å². The van der Waals surface area contributed by atoms with Crippen LogP contribution in [-0.4, -0.2) is 21.9 Å². The molecule has 0 unspecified atom stereocenters. The summed E-state index contributed by atoms with van der Waals surface area (Å²) in [4.78, 5) is 19.9. The first kappa shape index (κ1) is 12.6. The lowest BCUT2D eigenvalue weighted by Gasteiger charge is -2.14. The predicted molar refractivity (Wildman–Crippen MR) is 62.9 cm³/mol. The fourth-order valence-electron chi connectivity index (χ4n) is 1.28. The number of anilines is 1. The van der Waals surface area contributed by atoms with Crippen molar-refractivity contribution < 1.29 is 4.79 Å².